The van der Waals surface area contributed by atoms with E-state index in [4.69, 9.17) is 15.6 Å². The number of hydrogen-bond donors (Lipinski definition) is 2. The Labute approximate surface area is 168 Å². The highest BCUT2D eigenvalue weighted by Crippen LogP contribution is 2.31. The third-order valence-corrected chi connectivity index (χ3v) is 5.40. The molecular formula is C23H32N2O3. The zero-order valence-corrected chi connectivity index (χ0v) is 17.0. The Morgan fingerprint density at radius 3 is 1.89 bits per heavy atom. The average Bonchev–Trinajstić information content (AvgIpc) is 3.25. The molecule has 2 aromatic carbocycles. The maximum atomic E-state index is 10.6. The summed E-state index contributed by atoms with van der Waals surface area (Å²) < 4.78 is 4.80. The standard InChI is InChI=1S/C14H22N2.C9H10O3/c1-14(2,16-10-6-7-11-16)13(15)12-8-4-3-5-9-12;1-12-8(9(10)11)7-5-3-2-4-6-7/h3-5,8-9,13H,6-7,10-11,15H2,1-2H3;2-6,8H,1H3,(H,10,11). The van der Waals surface area contributed by atoms with Crippen LogP contribution in [0, 0.1) is 0 Å². The maximum absolute atomic E-state index is 10.6. The van der Waals surface area contributed by atoms with Crippen molar-refractivity contribution >= 4 is 5.97 Å². The molecule has 3 N–H and O–H groups in total. The van der Waals surface area contributed by atoms with E-state index in [0.717, 1.165) is 0 Å². The van der Waals surface area contributed by atoms with Gasteiger partial charge in [-0.1, -0.05) is 60.7 Å². The first-order chi connectivity index (χ1) is 13.4. The quantitative estimate of drug-likeness (QED) is 0.787. The zero-order valence-electron chi connectivity index (χ0n) is 17.0. The molecule has 1 saturated heterocycles. The van der Waals surface area contributed by atoms with Crippen LogP contribution in [0.2, 0.25) is 0 Å². The first kappa shape index (κ1) is 22.1. The molecule has 0 aromatic heterocycles. The molecule has 3 rings (SSSR count). The van der Waals surface area contributed by atoms with Crippen molar-refractivity contribution in [2.24, 2.45) is 5.73 Å². The summed E-state index contributed by atoms with van der Waals surface area (Å²) in [7, 11) is 1.38. The van der Waals surface area contributed by atoms with Gasteiger partial charge in [0, 0.05) is 18.7 Å². The summed E-state index contributed by atoms with van der Waals surface area (Å²) in [5, 5.41) is 8.70. The second kappa shape index (κ2) is 10.4. The molecule has 28 heavy (non-hydrogen) atoms. The lowest BCUT2D eigenvalue weighted by Crippen LogP contribution is -2.49. The Hall–Kier alpha value is -2.21. The molecule has 0 bridgehead atoms. The predicted molar refractivity (Wildman–Crippen MR) is 112 cm³/mol. The highest BCUT2D eigenvalue weighted by atomic mass is 16.5. The fourth-order valence-electron chi connectivity index (χ4n) is 3.57. The van der Waals surface area contributed by atoms with Crippen LogP contribution in [0.5, 0.6) is 0 Å². The van der Waals surface area contributed by atoms with Crippen LogP contribution >= 0.6 is 0 Å². The molecule has 2 aromatic rings. The van der Waals surface area contributed by atoms with E-state index in [0.29, 0.717) is 5.56 Å². The SMILES string of the molecule is CC(C)(C(N)c1ccccc1)N1CCCC1.COC(C(=O)O)c1ccccc1. The number of hydrogen-bond acceptors (Lipinski definition) is 4. The summed E-state index contributed by atoms with van der Waals surface area (Å²) in [4.78, 5) is 13.1. The van der Waals surface area contributed by atoms with Crippen molar-refractivity contribution in [2.75, 3.05) is 20.2 Å². The molecule has 5 nitrogen and oxygen atoms in total. The van der Waals surface area contributed by atoms with Crippen molar-refractivity contribution in [3.8, 4) is 0 Å². The number of benzene rings is 2. The predicted octanol–water partition coefficient (Wildman–Crippen LogP) is 4.02. The van der Waals surface area contributed by atoms with E-state index in [1.807, 2.05) is 12.1 Å². The molecule has 1 aliphatic heterocycles. The number of likely N-dealkylation sites (tertiary alicyclic amines) is 1. The second-order valence-corrected chi connectivity index (χ2v) is 7.60. The van der Waals surface area contributed by atoms with Gasteiger partial charge in [-0.25, -0.2) is 4.79 Å². The van der Waals surface area contributed by atoms with Gasteiger partial charge in [-0.15, -0.1) is 0 Å². The lowest BCUT2D eigenvalue weighted by molar-refractivity contribution is -0.148. The summed E-state index contributed by atoms with van der Waals surface area (Å²) in [6.07, 6.45) is 1.77. The first-order valence-corrected chi connectivity index (χ1v) is 9.74. The first-order valence-electron chi connectivity index (χ1n) is 9.74. The van der Waals surface area contributed by atoms with Crippen LogP contribution in [0.25, 0.3) is 0 Å². The molecule has 152 valence electrons. The summed E-state index contributed by atoms with van der Waals surface area (Å²) in [6.45, 7) is 6.90. The minimum atomic E-state index is -0.969. The third kappa shape index (κ3) is 5.64. The normalized spacial score (nSPS) is 16.7. The maximum Gasteiger partial charge on any atom is 0.337 e. The molecule has 5 heteroatoms. The molecular weight excluding hydrogens is 352 g/mol. The van der Waals surface area contributed by atoms with Gasteiger partial charge in [0.1, 0.15) is 0 Å². The highest BCUT2D eigenvalue weighted by Gasteiger charge is 2.35. The Morgan fingerprint density at radius 1 is 1.00 bits per heavy atom. The minimum absolute atomic E-state index is 0.0534. The lowest BCUT2D eigenvalue weighted by Gasteiger charge is -2.40. The monoisotopic (exact) mass is 384 g/mol. The Bertz CT molecular complexity index is 713. The Kier molecular flexibility index (Phi) is 8.18. The summed E-state index contributed by atoms with van der Waals surface area (Å²) in [6, 6.07) is 19.4. The fourth-order valence-corrected chi connectivity index (χ4v) is 3.57. The number of nitrogens with zero attached hydrogens (tertiary/aromatic N) is 1. The lowest BCUT2D eigenvalue weighted by atomic mass is 9.88. The van der Waals surface area contributed by atoms with E-state index >= 15 is 0 Å². The minimum Gasteiger partial charge on any atom is -0.479 e. The fraction of sp³-hybridized carbons (Fsp3) is 0.435. The molecule has 2 atom stereocenters. The van der Waals surface area contributed by atoms with Crippen LogP contribution in [0.15, 0.2) is 60.7 Å². The van der Waals surface area contributed by atoms with Gasteiger partial charge in [0.2, 0.25) is 0 Å². The van der Waals surface area contributed by atoms with Crippen LogP contribution in [0.1, 0.15) is 50.0 Å². The van der Waals surface area contributed by atoms with Gasteiger partial charge in [0.05, 0.1) is 0 Å². The molecule has 0 spiro atoms. The number of methoxy groups -OCH3 is 1. The summed E-state index contributed by atoms with van der Waals surface area (Å²) in [5.74, 6) is -0.969. The van der Waals surface area contributed by atoms with Gasteiger partial charge in [0.15, 0.2) is 6.10 Å². The number of nitrogens with two attached hydrogens (primary N) is 1. The Morgan fingerprint density at radius 2 is 1.46 bits per heavy atom. The molecule has 0 amide bonds. The van der Waals surface area contributed by atoms with E-state index in [-0.39, 0.29) is 11.6 Å². The number of carboxylic acids is 1. The van der Waals surface area contributed by atoms with Gasteiger partial charge < -0.3 is 15.6 Å². The van der Waals surface area contributed by atoms with Crippen LogP contribution in [0.3, 0.4) is 0 Å². The van der Waals surface area contributed by atoms with Gasteiger partial charge in [0.25, 0.3) is 0 Å². The van der Waals surface area contributed by atoms with Crippen molar-refractivity contribution < 1.29 is 14.6 Å². The van der Waals surface area contributed by atoms with E-state index in [2.05, 4.69) is 43.0 Å². The molecule has 1 heterocycles. The summed E-state index contributed by atoms with van der Waals surface area (Å²) in [5.41, 5.74) is 8.36. The number of carboxylic acid groups (broad SMARTS) is 1. The number of carbonyl (C=O) groups is 1. The number of rotatable bonds is 6. The smallest absolute Gasteiger partial charge is 0.337 e. The van der Waals surface area contributed by atoms with Crippen molar-refractivity contribution in [3.63, 3.8) is 0 Å². The zero-order chi connectivity index (χ0) is 20.6. The van der Waals surface area contributed by atoms with Crippen LogP contribution in [-0.4, -0.2) is 41.7 Å². The average molecular weight is 385 g/mol. The number of aliphatic carboxylic acids is 1. The van der Waals surface area contributed by atoms with Crippen LogP contribution < -0.4 is 5.73 Å². The summed E-state index contributed by atoms with van der Waals surface area (Å²) >= 11 is 0. The van der Waals surface area contributed by atoms with Crippen molar-refractivity contribution in [2.45, 2.75) is 44.4 Å². The van der Waals surface area contributed by atoms with Gasteiger partial charge in [-0.2, -0.15) is 0 Å². The molecule has 2 unspecified atom stereocenters. The second-order valence-electron chi connectivity index (χ2n) is 7.60. The van der Waals surface area contributed by atoms with Crippen LogP contribution in [-0.2, 0) is 9.53 Å². The van der Waals surface area contributed by atoms with Gasteiger partial charge in [-0.05, 0) is 50.9 Å². The van der Waals surface area contributed by atoms with Gasteiger partial charge in [-0.3, -0.25) is 4.90 Å². The van der Waals surface area contributed by atoms with Crippen molar-refractivity contribution in [1.82, 2.24) is 4.90 Å². The highest BCUT2D eigenvalue weighted by molar-refractivity contribution is 5.74. The van der Waals surface area contributed by atoms with E-state index in [1.165, 1.54) is 38.6 Å². The molecule has 1 fully saturated rings. The van der Waals surface area contributed by atoms with Crippen molar-refractivity contribution in [1.29, 1.82) is 0 Å². The number of ether oxygens (including phenoxy) is 1. The van der Waals surface area contributed by atoms with Crippen LogP contribution in [0.4, 0.5) is 0 Å². The topological polar surface area (TPSA) is 75.8 Å². The van der Waals surface area contributed by atoms with Gasteiger partial charge >= 0.3 is 5.97 Å². The van der Waals surface area contributed by atoms with E-state index in [9.17, 15) is 4.79 Å². The van der Waals surface area contributed by atoms with Crippen molar-refractivity contribution in [3.05, 3.63) is 71.8 Å². The third-order valence-electron chi connectivity index (χ3n) is 5.40. The molecule has 1 aliphatic rings. The largest absolute Gasteiger partial charge is 0.479 e. The molecule has 0 aliphatic carbocycles. The van der Waals surface area contributed by atoms with E-state index < -0.39 is 12.1 Å². The van der Waals surface area contributed by atoms with E-state index in [1.54, 1.807) is 24.3 Å². The molecule has 0 saturated carbocycles. The Balaban J connectivity index is 0.000000209. The molecule has 0 radical (unpaired) electrons.